The summed E-state index contributed by atoms with van der Waals surface area (Å²) < 4.78 is 10.9. The molecule has 5 nitrogen and oxygen atoms in total. The molecule has 1 fully saturated rings. The van der Waals surface area contributed by atoms with Gasteiger partial charge in [-0.3, -0.25) is 0 Å². The summed E-state index contributed by atoms with van der Waals surface area (Å²) in [6, 6.07) is 6.80. The van der Waals surface area contributed by atoms with Gasteiger partial charge in [0.2, 0.25) is 0 Å². The van der Waals surface area contributed by atoms with Crippen molar-refractivity contribution in [2.45, 2.75) is 39.8 Å². The summed E-state index contributed by atoms with van der Waals surface area (Å²) >= 11 is 0. The lowest BCUT2D eigenvalue weighted by Gasteiger charge is -2.13. The third-order valence-corrected chi connectivity index (χ3v) is 3.95. The quantitative estimate of drug-likeness (QED) is 0.278. The topological polar surface area (TPSA) is 54.9 Å². The standard InChI is InChI=1S/C18H29N3O2.HI/c1-5-19-18(21-16-11-14(16)3)20-12-15-7-6-13(2)10-17(15)23-9-8-22-4;/h6-7,10,14,16H,5,8-9,11-12H2,1-4H3,(H2,19,20,21);1H. The van der Waals surface area contributed by atoms with Crippen LogP contribution < -0.4 is 15.4 Å². The molecule has 1 aliphatic carbocycles. The second-order valence-corrected chi connectivity index (χ2v) is 6.11. The van der Waals surface area contributed by atoms with Crippen molar-refractivity contribution in [1.82, 2.24) is 10.6 Å². The fourth-order valence-corrected chi connectivity index (χ4v) is 2.34. The monoisotopic (exact) mass is 447 g/mol. The van der Waals surface area contributed by atoms with Gasteiger partial charge in [-0.05, 0) is 37.8 Å². The van der Waals surface area contributed by atoms with Crippen LogP contribution in [0.25, 0.3) is 0 Å². The Bertz CT molecular complexity index is 537. The average molecular weight is 447 g/mol. The van der Waals surface area contributed by atoms with Crippen LogP contribution in [0.4, 0.5) is 0 Å². The third-order valence-electron chi connectivity index (χ3n) is 3.95. The minimum absolute atomic E-state index is 0. The maximum absolute atomic E-state index is 5.83. The predicted octanol–water partition coefficient (Wildman–Crippen LogP) is 3.10. The zero-order chi connectivity index (χ0) is 16.7. The van der Waals surface area contributed by atoms with Crippen LogP contribution in [0.5, 0.6) is 5.75 Å². The first-order chi connectivity index (χ1) is 11.1. The molecule has 2 N–H and O–H groups in total. The number of nitrogens with one attached hydrogen (secondary N) is 2. The SMILES string of the molecule is CCNC(=NCc1ccc(C)cc1OCCOC)NC1CC1C.I. The highest BCUT2D eigenvalue weighted by Gasteiger charge is 2.33. The number of guanidine groups is 1. The molecule has 0 saturated heterocycles. The van der Waals surface area contributed by atoms with Crippen molar-refractivity contribution in [2.24, 2.45) is 10.9 Å². The van der Waals surface area contributed by atoms with E-state index in [1.165, 1.54) is 12.0 Å². The first kappa shape index (κ1) is 21.0. The van der Waals surface area contributed by atoms with Gasteiger partial charge in [-0.15, -0.1) is 24.0 Å². The van der Waals surface area contributed by atoms with E-state index >= 15 is 0 Å². The van der Waals surface area contributed by atoms with Crippen LogP contribution in [-0.2, 0) is 11.3 Å². The van der Waals surface area contributed by atoms with Gasteiger partial charge in [0.25, 0.3) is 0 Å². The number of hydrogen-bond donors (Lipinski definition) is 2. The molecule has 2 unspecified atom stereocenters. The molecular weight excluding hydrogens is 417 g/mol. The molecule has 1 saturated carbocycles. The van der Waals surface area contributed by atoms with Gasteiger partial charge in [0, 0.05) is 25.3 Å². The van der Waals surface area contributed by atoms with Gasteiger partial charge >= 0.3 is 0 Å². The van der Waals surface area contributed by atoms with Gasteiger partial charge in [-0.1, -0.05) is 19.1 Å². The fraction of sp³-hybridized carbons (Fsp3) is 0.611. The van der Waals surface area contributed by atoms with E-state index < -0.39 is 0 Å². The van der Waals surface area contributed by atoms with E-state index in [0.717, 1.165) is 29.7 Å². The van der Waals surface area contributed by atoms with Gasteiger partial charge in [-0.25, -0.2) is 4.99 Å². The number of hydrogen-bond acceptors (Lipinski definition) is 3. The molecule has 24 heavy (non-hydrogen) atoms. The van der Waals surface area contributed by atoms with Gasteiger partial charge in [0.05, 0.1) is 13.2 Å². The van der Waals surface area contributed by atoms with Gasteiger partial charge in [0.15, 0.2) is 5.96 Å². The Morgan fingerprint density at radius 3 is 2.71 bits per heavy atom. The van der Waals surface area contributed by atoms with Gasteiger partial charge in [-0.2, -0.15) is 0 Å². The Morgan fingerprint density at radius 2 is 2.08 bits per heavy atom. The fourth-order valence-electron chi connectivity index (χ4n) is 2.34. The predicted molar refractivity (Wildman–Crippen MR) is 109 cm³/mol. The van der Waals surface area contributed by atoms with E-state index in [0.29, 0.717) is 25.8 Å². The molecule has 2 atom stereocenters. The Morgan fingerprint density at radius 1 is 1.33 bits per heavy atom. The highest BCUT2D eigenvalue weighted by atomic mass is 127. The van der Waals surface area contributed by atoms with Crippen molar-refractivity contribution in [3.8, 4) is 5.75 Å². The van der Waals surface area contributed by atoms with E-state index in [9.17, 15) is 0 Å². The van der Waals surface area contributed by atoms with Crippen molar-refractivity contribution >= 4 is 29.9 Å². The van der Waals surface area contributed by atoms with Crippen molar-refractivity contribution in [2.75, 3.05) is 26.9 Å². The maximum Gasteiger partial charge on any atom is 0.191 e. The van der Waals surface area contributed by atoms with Crippen LogP contribution in [0.15, 0.2) is 23.2 Å². The molecule has 2 rings (SSSR count). The van der Waals surface area contributed by atoms with Crippen LogP contribution in [0.2, 0.25) is 0 Å². The summed E-state index contributed by atoms with van der Waals surface area (Å²) in [5.74, 6) is 2.51. The average Bonchev–Trinajstić information content (AvgIpc) is 3.22. The molecule has 0 spiro atoms. The van der Waals surface area contributed by atoms with Crippen LogP contribution in [0.1, 0.15) is 31.4 Å². The zero-order valence-electron chi connectivity index (χ0n) is 15.1. The summed E-state index contributed by atoms with van der Waals surface area (Å²) in [5.41, 5.74) is 2.27. The van der Waals surface area contributed by atoms with E-state index in [4.69, 9.17) is 14.5 Å². The van der Waals surface area contributed by atoms with E-state index in [1.54, 1.807) is 7.11 Å². The van der Waals surface area contributed by atoms with Crippen LogP contribution in [0, 0.1) is 12.8 Å². The van der Waals surface area contributed by atoms with Crippen LogP contribution >= 0.6 is 24.0 Å². The molecule has 0 radical (unpaired) electrons. The summed E-state index contributed by atoms with van der Waals surface area (Å²) in [5, 5.41) is 6.78. The van der Waals surface area contributed by atoms with Gasteiger partial charge in [0.1, 0.15) is 12.4 Å². The number of rotatable bonds is 8. The first-order valence-electron chi connectivity index (χ1n) is 8.40. The van der Waals surface area contributed by atoms with Crippen LogP contribution in [0.3, 0.4) is 0 Å². The number of benzene rings is 1. The number of halogens is 1. The third kappa shape index (κ3) is 6.84. The Hall–Kier alpha value is -1.02. The van der Waals surface area contributed by atoms with Crippen molar-refractivity contribution < 1.29 is 9.47 Å². The Balaban J connectivity index is 0.00000288. The molecule has 0 heterocycles. The van der Waals surface area contributed by atoms with Gasteiger partial charge < -0.3 is 20.1 Å². The highest BCUT2D eigenvalue weighted by Crippen LogP contribution is 2.28. The summed E-state index contributed by atoms with van der Waals surface area (Å²) in [6.45, 7) is 8.99. The minimum atomic E-state index is 0. The summed E-state index contributed by atoms with van der Waals surface area (Å²) in [7, 11) is 1.68. The molecule has 0 aliphatic heterocycles. The van der Waals surface area contributed by atoms with Crippen molar-refractivity contribution in [1.29, 1.82) is 0 Å². The zero-order valence-corrected chi connectivity index (χ0v) is 17.4. The number of aliphatic imine (C=N–C) groups is 1. The lowest BCUT2D eigenvalue weighted by Crippen LogP contribution is -2.39. The summed E-state index contributed by atoms with van der Waals surface area (Å²) in [4.78, 5) is 4.70. The largest absolute Gasteiger partial charge is 0.491 e. The molecule has 136 valence electrons. The van der Waals surface area contributed by atoms with Crippen molar-refractivity contribution in [3.63, 3.8) is 0 Å². The number of methoxy groups -OCH3 is 1. The molecule has 0 aromatic heterocycles. The lowest BCUT2D eigenvalue weighted by molar-refractivity contribution is 0.145. The lowest BCUT2D eigenvalue weighted by atomic mass is 10.1. The molecule has 0 amide bonds. The second kappa shape index (κ2) is 10.8. The molecule has 0 bridgehead atoms. The highest BCUT2D eigenvalue weighted by molar-refractivity contribution is 14.0. The maximum atomic E-state index is 5.83. The Labute approximate surface area is 162 Å². The van der Waals surface area contributed by atoms with Crippen LogP contribution in [-0.4, -0.2) is 38.9 Å². The van der Waals surface area contributed by atoms with E-state index in [2.05, 4.69) is 49.6 Å². The number of aryl methyl sites for hydroxylation is 1. The molecule has 1 aliphatic rings. The first-order valence-corrected chi connectivity index (χ1v) is 8.40. The normalized spacial score (nSPS) is 19.4. The minimum Gasteiger partial charge on any atom is -0.491 e. The number of nitrogens with zero attached hydrogens (tertiary/aromatic N) is 1. The molecular formula is C18H30IN3O2. The molecule has 6 heteroatoms. The Kier molecular flexibility index (Phi) is 9.43. The summed E-state index contributed by atoms with van der Waals surface area (Å²) in [6.07, 6.45) is 1.22. The van der Waals surface area contributed by atoms with E-state index in [1.807, 2.05) is 0 Å². The van der Waals surface area contributed by atoms with Crippen molar-refractivity contribution in [3.05, 3.63) is 29.3 Å². The number of ether oxygens (including phenoxy) is 2. The molecule has 1 aromatic rings. The smallest absolute Gasteiger partial charge is 0.191 e. The second-order valence-electron chi connectivity index (χ2n) is 6.11. The van der Waals surface area contributed by atoms with E-state index in [-0.39, 0.29) is 24.0 Å². The molecule has 1 aromatic carbocycles.